The van der Waals surface area contributed by atoms with Crippen LogP contribution >= 0.6 is 0 Å². The maximum Gasteiger partial charge on any atom is 0.370 e. The summed E-state index contributed by atoms with van der Waals surface area (Å²) in [5.41, 5.74) is 0.00764. The van der Waals surface area contributed by atoms with E-state index in [-0.39, 0.29) is 11.1 Å². The monoisotopic (exact) mass is 178 g/mol. The van der Waals surface area contributed by atoms with Gasteiger partial charge in [0.05, 0.1) is 5.56 Å². The van der Waals surface area contributed by atoms with Crippen LogP contribution in [0.1, 0.15) is 15.9 Å². The van der Waals surface area contributed by atoms with Crippen molar-refractivity contribution in [1.82, 2.24) is 0 Å². The fourth-order valence-corrected chi connectivity index (χ4v) is 0.833. The summed E-state index contributed by atoms with van der Waals surface area (Å²) in [6, 6.07) is 5.82. The van der Waals surface area contributed by atoms with Crippen LogP contribution in [0.4, 0.5) is 0 Å². The van der Waals surface area contributed by atoms with Crippen molar-refractivity contribution in [3.05, 3.63) is 40.3 Å². The van der Waals surface area contributed by atoms with E-state index in [4.69, 9.17) is 0 Å². The Kier molecular flexibility index (Phi) is 2.86. The second-order valence-electron chi connectivity index (χ2n) is 2.10. The highest BCUT2D eigenvalue weighted by Crippen LogP contribution is 2.07. The fraction of sp³-hybridized carbons (Fsp3) is 0. The quantitative estimate of drug-likeness (QED) is 0.510. The Morgan fingerprint density at radius 1 is 1.38 bits per heavy atom. The third-order valence-electron chi connectivity index (χ3n) is 1.38. The van der Waals surface area contributed by atoms with Crippen molar-refractivity contribution >= 4 is 12.3 Å². The van der Waals surface area contributed by atoms with Gasteiger partial charge in [0.1, 0.15) is 0 Å². The molecule has 0 spiro atoms. The minimum absolute atomic E-state index is 0.0305. The molecule has 0 heterocycles. The van der Waals surface area contributed by atoms with Gasteiger partial charge in [0.2, 0.25) is 6.29 Å². The van der Waals surface area contributed by atoms with Gasteiger partial charge in [-0.3, -0.25) is 9.63 Å². The number of nitrogens with zero attached hydrogens (tertiary/aromatic N) is 1. The predicted octanol–water partition coefficient (Wildman–Crippen LogP) is 0.983. The first-order chi connectivity index (χ1) is 6.29. The summed E-state index contributed by atoms with van der Waals surface area (Å²) in [6.45, 7) is 0. The highest BCUT2D eigenvalue weighted by Gasteiger charge is 2.12. The smallest absolute Gasteiger partial charge is 0.285 e. The number of hydrogen-bond acceptors (Lipinski definition) is 5. The predicted molar refractivity (Wildman–Crippen MR) is 42.4 cm³/mol. The maximum atomic E-state index is 10.9. The second-order valence-corrected chi connectivity index (χ2v) is 2.10. The van der Waals surface area contributed by atoms with E-state index in [9.17, 15) is 14.5 Å². The first-order valence-corrected chi connectivity index (χ1v) is 3.30. The zero-order valence-electron chi connectivity index (χ0n) is 6.39. The average Bonchev–Trinajstić information content (AvgIpc) is 2.18. The van der Waals surface area contributed by atoms with Crippen molar-refractivity contribution in [1.29, 1.82) is 0 Å². The first-order valence-electron chi connectivity index (χ1n) is 3.30. The molecule has 0 fully saturated rings. The van der Waals surface area contributed by atoms with Crippen molar-refractivity contribution in [2.45, 2.75) is 0 Å². The number of benzene rings is 1. The zero-order chi connectivity index (χ0) is 9.68. The molecule has 1 rings (SSSR count). The molecule has 0 N–H and O–H groups in total. The van der Waals surface area contributed by atoms with Crippen LogP contribution in [0.2, 0.25) is 0 Å². The fourth-order valence-electron chi connectivity index (χ4n) is 0.833. The minimum atomic E-state index is -0.964. The van der Waals surface area contributed by atoms with Crippen LogP contribution in [0, 0.1) is 4.91 Å². The van der Waals surface area contributed by atoms with Gasteiger partial charge >= 0.3 is 5.97 Å². The summed E-state index contributed by atoms with van der Waals surface area (Å²) in [5, 5.41) is 1.96. The SMILES string of the molecule is O=[C]c1ccccc1C(=O)ON=O. The molecule has 65 valence electrons. The van der Waals surface area contributed by atoms with Crippen molar-refractivity contribution < 1.29 is 14.4 Å². The molecule has 5 heteroatoms. The summed E-state index contributed by atoms with van der Waals surface area (Å²) in [7, 11) is 0. The summed E-state index contributed by atoms with van der Waals surface area (Å²) in [6.07, 6.45) is 1.54. The maximum absolute atomic E-state index is 10.9. The Morgan fingerprint density at radius 3 is 2.69 bits per heavy atom. The molecule has 5 nitrogen and oxygen atoms in total. The molecule has 0 aliphatic heterocycles. The Bertz CT molecular complexity index is 348. The van der Waals surface area contributed by atoms with Crippen LogP contribution in [-0.2, 0) is 9.63 Å². The van der Waals surface area contributed by atoms with E-state index in [0.717, 1.165) is 0 Å². The Balaban J connectivity index is 3.05. The standard InChI is InChI=1S/C8H4NO4/c10-5-6-3-1-2-4-7(6)8(11)13-9-12/h1-4H. The van der Waals surface area contributed by atoms with E-state index < -0.39 is 5.97 Å². The number of rotatable bonds is 3. The molecule has 0 saturated heterocycles. The van der Waals surface area contributed by atoms with Crippen molar-refractivity contribution in [2.24, 2.45) is 5.34 Å². The van der Waals surface area contributed by atoms with Gasteiger partial charge < -0.3 is 0 Å². The zero-order valence-corrected chi connectivity index (χ0v) is 6.39. The second kappa shape index (κ2) is 4.10. The molecular formula is C8H4NO4. The van der Waals surface area contributed by atoms with Crippen LogP contribution < -0.4 is 0 Å². The Labute approximate surface area is 73.2 Å². The van der Waals surface area contributed by atoms with Gasteiger partial charge in [-0.15, -0.1) is 4.91 Å². The molecule has 0 unspecified atom stereocenters. The van der Waals surface area contributed by atoms with E-state index in [0.29, 0.717) is 0 Å². The molecule has 0 aromatic heterocycles. The lowest BCUT2D eigenvalue weighted by atomic mass is 10.1. The molecule has 1 aromatic carbocycles. The van der Waals surface area contributed by atoms with Crippen molar-refractivity contribution in [3.8, 4) is 0 Å². The van der Waals surface area contributed by atoms with Crippen LogP contribution in [0.25, 0.3) is 0 Å². The van der Waals surface area contributed by atoms with Crippen LogP contribution in [0.5, 0.6) is 0 Å². The van der Waals surface area contributed by atoms with E-state index in [1.807, 2.05) is 5.34 Å². The summed E-state index contributed by atoms with van der Waals surface area (Å²) in [5.74, 6) is -0.964. The van der Waals surface area contributed by atoms with Crippen LogP contribution in [-0.4, -0.2) is 12.3 Å². The molecule has 13 heavy (non-hydrogen) atoms. The van der Waals surface area contributed by atoms with Gasteiger partial charge in [-0.05, 0) is 6.07 Å². The normalized spacial score (nSPS) is 8.92. The third kappa shape index (κ3) is 1.96. The molecule has 0 bridgehead atoms. The van der Waals surface area contributed by atoms with Crippen LogP contribution in [0.3, 0.4) is 0 Å². The van der Waals surface area contributed by atoms with Gasteiger partial charge in [-0.2, -0.15) is 0 Å². The Hall–Kier alpha value is -2.04. The molecule has 1 aromatic rings. The molecule has 0 atom stereocenters. The van der Waals surface area contributed by atoms with E-state index >= 15 is 0 Å². The molecule has 0 amide bonds. The van der Waals surface area contributed by atoms with Crippen LogP contribution in [0.15, 0.2) is 29.6 Å². The lowest BCUT2D eigenvalue weighted by Crippen LogP contribution is -2.04. The minimum Gasteiger partial charge on any atom is -0.285 e. The Morgan fingerprint density at radius 2 is 2.08 bits per heavy atom. The molecule has 1 radical (unpaired) electrons. The lowest BCUT2D eigenvalue weighted by Gasteiger charge is -1.97. The van der Waals surface area contributed by atoms with E-state index in [1.165, 1.54) is 18.2 Å². The third-order valence-corrected chi connectivity index (χ3v) is 1.38. The highest BCUT2D eigenvalue weighted by atomic mass is 16.7. The van der Waals surface area contributed by atoms with E-state index in [2.05, 4.69) is 4.84 Å². The van der Waals surface area contributed by atoms with Gasteiger partial charge in [0, 0.05) is 5.56 Å². The lowest BCUT2D eigenvalue weighted by molar-refractivity contribution is 0.0508. The topological polar surface area (TPSA) is 72.8 Å². The molecule has 0 aliphatic carbocycles. The molecular weight excluding hydrogens is 174 g/mol. The summed E-state index contributed by atoms with van der Waals surface area (Å²) in [4.78, 5) is 34.6. The van der Waals surface area contributed by atoms with Gasteiger partial charge in [-0.1, -0.05) is 18.2 Å². The van der Waals surface area contributed by atoms with Crippen molar-refractivity contribution in [3.63, 3.8) is 0 Å². The molecule has 0 aliphatic rings. The number of carbonyl (C=O) groups excluding carboxylic acids is 2. The van der Waals surface area contributed by atoms with Gasteiger partial charge in [0.25, 0.3) is 0 Å². The molecule has 0 saturated carbocycles. The summed E-state index contributed by atoms with van der Waals surface area (Å²) >= 11 is 0. The van der Waals surface area contributed by atoms with Gasteiger partial charge in [0.15, 0.2) is 5.34 Å². The van der Waals surface area contributed by atoms with E-state index in [1.54, 1.807) is 12.4 Å². The average molecular weight is 178 g/mol. The number of hydrogen-bond donors (Lipinski definition) is 0. The first kappa shape index (κ1) is 9.05. The highest BCUT2D eigenvalue weighted by molar-refractivity contribution is 5.98. The van der Waals surface area contributed by atoms with Crippen molar-refractivity contribution in [2.75, 3.05) is 0 Å². The number of carbonyl (C=O) groups is 1. The van der Waals surface area contributed by atoms with Gasteiger partial charge in [-0.25, -0.2) is 4.79 Å². The summed E-state index contributed by atoms with van der Waals surface area (Å²) < 4.78 is 0. The largest absolute Gasteiger partial charge is 0.370 e.